The lowest BCUT2D eigenvalue weighted by atomic mass is 9.93. The Bertz CT molecular complexity index is 295. The average molecular weight is 183 g/mol. The van der Waals surface area contributed by atoms with Crippen LogP contribution >= 0.6 is 0 Å². The van der Waals surface area contributed by atoms with E-state index < -0.39 is 6.43 Å². The van der Waals surface area contributed by atoms with Gasteiger partial charge in [0.05, 0.1) is 0 Å². The van der Waals surface area contributed by atoms with Gasteiger partial charge in [0.25, 0.3) is 6.43 Å². The highest BCUT2D eigenvalue weighted by Gasteiger charge is 2.19. The normalized spacial score (nSPS) is 17.5. The lowest BCUT2D eigenvalue weighted by Gasteiger charge is -2.27. The molecule has 0 aliphatic carbocycles. The van der Waals surface area contributed by atoms with Crippen LogP contribution in [0.5, 0.6) is 0 Å². The summed E-state index contributed by atoms with van der Waals surface area (Å²) in [6.45, 7) is 1.82. The fourth-order valence-corrected chi connectivity index (χ4v) is 1.47. The van der Waals surface area contributed by atoms with Crippen LogP contribution in [0.3, 0.4) is 0 Å². The smallest absolute Gasteiger partial charge is 0.263 e. The summed E-state index contributed by atoms with van der Waals surface area (Å²) in [7, 11) is 0. The van der Waals surface area contributed by atoms with Gasteiger partial charge < -0.3 is 5.32 Å². The van der Waals surface area contributed by atoms with E-state index in [1.807, 2.05) is 6.07 Å². The number of nitrogens with one attached hydrogen (secondary N) is 1. The maximum Gasteiger partial charge on any atom is 0.263 e. The second-order valence-electron chi connectivity index (χ2n) is 3.33. The summed E-state index contributed by atoms with van der Waals surface area (Å²) < 4.78 is 24.6. The third-order valence-corrected chi connectivity index (χ3v) is 2.42. The van der Waals surface area contributed by atoms with Crippen LogP contribution in [0, 0.1) is 0 Å². The van der Waals surface area contributed by atoms with Gasteiger partial charge in [0.1, 0.15) is 0 Å². The molecule has 1 saturated heterocycles. The highest BCUT2D eigenvalue weighted by Crippen LogP contribution is 2.25. The van der Waals surface area contributed by atoms with Gasteiger partial charge in [-0.1, -0.05) is 18.2 Å². The Morgan fingerprint density at radius 1 is 1.31 bits per heavy atom. The van der Waals surface area contributed by atoms with Crippen LogP contribution in [0.25, 0.3) is 0 Å². The highest BCUT2D eigenvalue weighted by molar-refractivity contribution is 5.28. The van der Waals surface area contributed by atoms with Crippen molar-refractivity contribution < 1.29 is 8.78 Å². The van der Waals surface area contributed by atoms with Crippen molar-refractivity contribution in [3.05, 3.63) is 35.4 Å². The van der Waals surface area contributed by atoms with Gasteiger partial charge in [-0.25, -0.2) is 8.78 Å². The van der Waals surface area contributed by atoms with Crippen molar-refractivity contribution in [3.63, 3.8) is 0 Å². The van der Waals surface area contributed by atoms with Gasteiger partial charge in [-0.05, 0) is 11.6 Å². The van der Waals surface area contributed by atoms with Crippen molar-refractivity contribution in [2.24, 2.45) is 0 Å². The molecule has 0 bridgehead atoms. The molecule has 3 heteroatoms. The lowest BCUT2D eigenvalue weighted by molar-refractivity contribution is 0.151. The van der Waals surface area contributed by atoms with Crippen LogP contribution < -0.4 is 5.32 Å². The lowest BCUT2D eigenvalue weighted by Crippen LogP contribution is -2.39. The maximum atomic E-state index is 12.3. The molecule has 1 heterocycles. The molecule has 1 fully saturated rings. The van der Waals surface area contributed by atoms with Gasteiger partial charge in [0.2, 0.25) is 0 Å². The molecule has 0 aromatic heterocycles. The van der Waals surface area contributed by atoms with E-state index in [2.05, 4.69) is 5.32 Å². The zero-order chi connectivity index (χ0) is 9.26. The first-order valence-electron chi connectivity index (χ1n) is 4.36. The summed E-state index contributed by atoms with van der Waals surface area (Å²) >= 11 is 0. The summed E-state index contributed by atoms with van der Waals surface area (Å²) in [5.41, 5.74) is 1.15. The highest BCUT2D eigenvalue weighted by atomic mass is 19.3. The zero-order valence-electron chi connectivity index (χ0n) is 7.13. The molecule has 1 nitrogen and oxygen atoms in total. The SMILES string of the molecule is FC(F)c1cccc(C2CNC2)c1. The molecule has 1 N–H and O–H groups in total. The Morgan fingerprint density at radius 3 is 2.62 bits per heavy atom. The van der Waals surface area contributed by atoms with E-state index in [-0.39, 0.29) is 5.56 Å². The molecule has 0 unspecified atom stereocenters. The third kappa shape index (κ3) is 1.70. The molecule has 1 aliphatic rings. The zero-order valence-corrected chi connectivity index (χ0v) is 7.13. The molecule has 0 atom stereocenters. The van der Waals surface area contributed by atoms with Crippen LogP contribution in [0.2, 0.25) is 0 Å². The fraction of sp³-hybridized carbons (Fsp3) is 0.400. The van der Waals surface area contributed by atoms with E-state index in [0.29, 0.717) is 5.92 Å². The Kier molecular flexibility index (Phi) is 2.27. The number of rotatable bonds is 2. The van der Waals surface area contributed by atoms with Crippen LogP contribution in [-0.2, 0) is 0 Å². The number of benzene rings is 1. The topological polar surface area (TPSA) is 12.0 Å². The molecule has 0 radical (unpaired) electrons. The van der Waals surface area contributed by atoms with E-state index in [0.717, 1.165) is 18.7 Å². The van der Waals surface area contributed by atoms with Gasteiger partial charge in [0, 0.05) is 24.6 Å². The molecule has 2 rings (SSSR count). The van der Waals surface area contributed by atoms with Gasteiger partial charge >= 0.3 is 0 Å². The quantitative estimate of drug-likeness (QED) is 0.741. The summed E-state index contributed by atoms with van der Waals surface area (Å²) in [6.07, 6.45) is -2.35. The standard InChI is InChI=1S/C10H11F2N/c11-10(12)8-3-1-2-7(4-8)9-5-13-6-9/h1-4,9-10,13H,5-6H2. The van der Waals surface area contributed by atoms with Gasteiger partial charge in [-0.3, -0.25) is 0 Å². The first kappa shape index (κ1) is 8.63. The summed E-state index contributed by atoms with van der Waals surface area (Å²) in [5.74, 6) is 0.429. The van der Waals surface area contributed by atoms with Crippen molar-refractivity contribution in [2.45, 2.75) is 12.3 Å². The monoisotopic (exact) mass is 183 g/mol. The molecule has 1 aromatic carbocycles. The molecule has 0 amide bonds. The van der Waals surface area contributed by atoms with E-state index in [9.17, 15) is 8.78 Å². The van der Waals surface area contributed by atoms with Crippen molar-refractivity contribution >= 4 is 0 Å². The van der Waals surface area contributed by atoms with Crippen LogP contribution in [0.15, 0.2) is 24.3 Å². The first-order valence-corrected chi connectivity index (χ1v) is 4.36. The first-order chi connectivity index (χ1) is 6.27. The van der Waals surface area contributed by atoms with Crippen LogP contribution in [0.4, 0.5) is 8.78 Å². The van der Waals surface area contributed by atoms with Crippen LogP contribution in [-0.4, -0.2) is 13.1 Å². The van der Waals surface area contributed by atoms with Gasteiger partial charge in [0.15, 0.2) is 0 Å². The van der Waals surface area contributed by atoms with E-state index >= 15 is 0 Å². The molecule has 13 heavy (non-hydrogen) atoms. The molecular weight excluding hydrogens is 172 g/mol. The summed E-state index contributed by atoms with van der Waals surface area (Å²) in [5, 5.41) is 3.12. The van der Waals surface area contributed by atoms with Crippen LogP contribution in [0.1, 0.15) is 23.5 Å². The Morgan fingerprint density at radius 2 is 2.08 bits per heavy atom. The van der Waals surface area contributed by atoms with Gasteiger partial charge in [-0.15, -0.1) is 0 Å². The van der Waals surface area contributed by atoms with E-state index in [1.54, 1.807) is 12.1 Å². The third-order valence-electron chi connectivity index (χ3n) is 2.42. The Hall–Kier alpha value is -0.960. The van der Waals surface area contributed by atoms with Gasteiger partial charge in [-0.2, -0.15) is 0 Å². The Balaban J connectivity index is 2.21. The molecule has 1 aromatic rings. The van der Waals surface area contributed by atoms with Crippen molar-refractivity contribution in [1.29, 1.82) is 0 Å². The Labute approximate surface area is 75.8 Å². The number of hydrogen-bond donors (Lipinski definition) is 1. The van der Waals surface area contributed by atoms with Crippen molar-refractivity contribution in [1.82, 2.24) is 5.32 Å². The molecule has 0 saturated carbocycles. The maximum absolute atomic E-state index is 12.3. The fourth-order valence-electron chi connectivity index (χ4n) is 1.47. The number of alkyl halides is 2. The predicted molar refractivity (Wildman–Crippen MR) is 47.0 cm³/mol. The van der Waals surface area contributed by atoms with E-state index in [4.69, 9.17) is 0 Å². The molecule has 0 spiro atoms. The number of halogens is 2. The summed E-state index contributed by atoms with van der Waals surface area (Å²) in [4.78, 5) is 0. The predicted octanol–water partition coefficient (Wildman–Crippen LogP) is 2.31. The minimum Gasteiger partial charge on any atom is -0.315 e. The molecule has 70 valence electrons. The second-order valence-corrected chi connectivity index (χ2v) is 3.33. The van der Waals surface area contributed by atoms with E-state index in [1.165, 1.54) is 6.07 Å². The molecular formula is C10H11F2N. The minimum absolute atomic E-state index is 0.129. The van der Waals surface area contributed by atoms with Crippen molar-refractivity contribution in [2.75, 3.05) is 13.1 Å². The number of hydrogen-bond acceptors (Lipinski definition) is 1. The largest absolute Gasteiger partial charge is 0.315 e. The summed E-state index contributed by atoms with van der Waals surface area (Å²) in [6, 6.07) is 6.70. The molecule has 1 aliphatic heterocycles. The minimum atomic E-state index is -2.35. The van der Waals surface area contributed by atoms with Crippen molar-refractivity contribution in [3.8, 4) is 0 Å². The average Bonchev–Trinajstić information content (AvgIpc) is 2.01. The second kappa shape index (κ2) is 3.42.